The highest BCUT2D eigenvalue weighted by Gasteiger charge is 2.43. The van der Waals surface area contributed by atoms with E-state index in [0.717, 1.165) is 0 Å². The van der Waals surface area contributed by atoms with E-state index in [1.807, 2.05) is 0 Å². The molecule has 6 heteroatoms. The molecule has 0 unspecified atom stereocenters. The maximum absolute atomic E-state index is 9.09. The van der Waals surface area contributed by atoms with Crippen molar-refractivity contribution in [2.45, 2.75) is 30.6 Å². The van der Waals surface area contributed by atoms with E-state index in [0.29, 0.717) is 0 Å². The molecule has 0 aromatic heterocycles. The number of hydrogen-bond donors (Lipinski definition) is 5. The van der Waals surface area contributed by atoms with Gasteiger partial charge in [-0.05, 0) is 0 Å². The van der Waals surface area contributed by atoms with Gasteiger partial charge in [-0.3, -0.25) is 0 Å². The summed E-state index contributed by atoms with van der Waals surface area (Å²) in [6.07, 6.45) is -4.69. The first kappa shape index (κ1) is 9.85. The Hall–Kier alpha value is -0.240. The fourth-order valence-corrected chi connectivity index (χ4v) is 1.17. The molecule has 0 aromatic carbocycles. The van der Waals surface area contributed by atoms with Crippen molar-refractivity contribution in [2.24, 2.45) is 5.73 Å². The van der Waals surface area contributed by atoms with Crippen LogP contribution >= 0.6 is 0 Å². The van der Waals surface area contributed by atoms with Gasteiger partial charge in [0.2, 0.25) is 0 Å². The molecule has 0 aromatic rings. The average Bonchev–Trinajstić information content (AvgIpc) is 2.32. The number of hydrogen-bond acceptors (Lipinski definition) is 6. The summed E-state index contributed by atoms with van der Waals surface area (Å²) >= 11 is 0. The van der Waals surface area contributed by atoms with Gasteiger partial charge in [-0.25, -0.2) is 0 Å². The average molecular weight is 179 g/mol. The summed E-state index contributed by atoms with van der Waals surface area (Å²) in [7, 11) is 0. The fraction of sp³-hybridized carbons (Fsp3) is 1.00. The third-order valence-electron chi connectivity index (χ3n) is 1.93. The SMILES string of the molecule is N[C@@H]1[C@@H](O)[C@@H](O)O[C@@H]1[C@@H](O)CO. The predicted molar refractivity (Wildman–Crippen MR) is 38.0 cm³/mol. The second-order valence-corrected chi connectivity index (χ2v) is 2.81. The highest BCUT2D eigenvalue weighted by molar-refractivity contribution is 4.92. The van der Waals surface area contributed by atoms with Gasteiger partial charge in [0, 0.05) is 0 Å². The Morgan fingerprint density at radius 3 is 2.33 bits per heavy atom. The van der Waals surface area contributed by atoms with Crippen molar-refractivity contribution in [1.82, 2.24) is 0 Å². The number of aliphatic hydroxyl groups excluding tert-OH is 4. The van der Waals surface area contributed by atoms with Gasteiger partial charge in [0.1, 0.15) is 18.3 Å². The third-order valence-corrected chi connectivity index (χ3v) is 1.93. The van der Waals surface area contributed by atoms with Crippen molar-refractivity contribution in [1.29, 1.82) is 0 Å². The molecule has 0 radical (unpaired) electrons. The molecule has 1 fully saturated rings. The Bertz CT molecular complexity index is 155. The minimum atomic E-state index is -1.38. The van der Waals surface area contributed by atoms with Crippen molar-refractivity contribution in [3.63, 3.8) is 0 Å². The van der Waals surface area contributed by atoms with Crippen LogP contribution in [0, 0.1) is 0 Å². The van der Waals surface area contributed by atoms with Crippen LogP contribution < -0.4 is 5.73 Å². The molecule has 0 amide bonds. The van der Waals surface area contributed by atoms with Crippen molar-refractivity contribution in [3.8, 4) is 0 Å². The lowest BCUT2D eigenvalue weighted by atomic mass is 10.0. The lowest BCUT2D eigenvalue weighted by Crippen LogP contribution is -2.46. The first-order chi connectivity index (χ1) is 5.57. The van der Waals surface area contributed by atoms with E-state index < -0.39 is 37.3 Å². The minimum Gasteiger partial charge on any atom is -0.394 e. The molecule has 12 heavy (non-hydrogen) atoms. The zero-order valence-electron chi connectivity index (χ0n) is 6.37. The van der Waals surface area contributed by atoms with E-state index in [1.54, 1.807) is 0 Å². The van der Waals surface area contributed by atoms with Crippen LogP contribution in [0.4, 0.5) is 0 Å². The topological polar surface area (TPSA) is 116 Å². The molecule has 72 valence electrons. The van der Waals surface area contributed by atoms with Gasteiger partial charge in [-0.15, -0.1) is 0 Å². The number of aliphatic hydroxyl groups is 4. The normalized spacial score (nSPS) is 44.8. The van der Waals surface area contributed by atoms with Gasteiger partial charge in [-0.1, -0.05) is 0 Å². The molecule has 0 saturated carbocycles. The van der Waals surface area contributed by atoms with Crippen molar-refractivity contribution >= 4 is 0 Å². The van der Waals surface area contributed by atoms with Crippen LogP contribution in [0.5, 0.6) is 0 Å². The van der Waals surface area contributed by atoms with Gasteiger partial charge < -0.3 is 30.9 Å². The standard InChI is InChI=1S/C6H13NO5/c7-3-4(10)6(11)12-5(3)2(9)1-8/h2-6,8-11H,1,7H2/t2-,3+,4+,5+,6-/m0/s1. The van der Waals surface area contributed by atoms with E-state index in [4.69, 9.17) is 30.9 Å². The molecular weight excluding hydrogens is 166 g/mol. The van der Waals surface area contributed by atoms with Crippen molar-refractivity contribution in [2.75, 3.05) is 6.61 Å². The van der Waals surface area contributed by atoms with E-state index in [-0.39, 0.29) is 0 Å². The number of rotatable bonds is 2. The maximum Gasteiger partial charge on any atom is 0.182 e. The van der Waals surface area contributed by atoms with Crippen LogP contribution in [0.1, 0.15) is 0 Å². The summed E-state index contributed by atoms with van der Waals surface area (Å²) in [5, 5.41) is 35.6. The van der Waals surface area contributed by atoms with Gasteiger partial charge >= 0.3 is 0 Å². The lowest BCUT2D eigenvalue weighted by Gasteiger charge is -2.19. The first-order valence-electron chi connectivity index (χ1n) is 3.64. The first-order valence-corrected chi connectivity index (χ1v) is 3.64. The van der Waals surface area contributed by atoms with Crippen LogP contribution in [0.25, 0.3) is 0 Å². The lowest BCUT2D eigenvalue weighted by molar-refractivity contribution is -0.149. The fourth-order valence-electron chi connectivity index (χ4n) is 1.17. The van der Waals surface area contributed by atoms with Crippen molar-refractivity contribution < 1.29 is 25.2 Å². The van der Waals surface area contributed by atoms with Crippen LogP contribution in [0.3, 0.4) is 0 Å². The molecule has 5 atom stereocenters. The van der Waals surface area contributed by atoms with Crippen LogP contribution in [0.15, 0.2) is 0 Å². The van der Waals surface area contributed by atoms with E-state index >= 15 is 0 Å². The third kappa shape index (κ3) is 1.58. The van der Waals surface area contributed by atoms with Gasteiger partial charge in [0.15, 0.2) is 6.29 Å². The molecule has 0 spiro atoms. The molecule has 1 saturated heterocycles. The van der Waals surface area contributed by atoms with Crippen LogP contribution in [-0.2, 0) is 4.74 Å². The molecule has 6 nitrogen and oxygen atoms in total. The van der Waals surface area contributed by atoms with Crippen molar-refractivity contribution in [3.05, 3.63) is 0 Å². The molecular formula is C6H13NO5. The molecule has 1 rings (SSSR count). The molecule has 0 bridgehead atoms. The van der Waals surface area contributed by atoms with Crippen LogP contribution in [-0.4, -0.2) is 57.7 Å². The summed E-state index contributed by atoms with van der Waals surface area (Å²) in [4.78, 5) is 0. The van der Waals surface area contributed by atoms with E-state index in [9.17, 15) is 0 Å². The zero-order valence-corrected chi connectivity index (χ0v) is 6.37. The second kappa shape index (κ2) is 3.65. The largest absolute Gasteiger partial charge is 0.394 e. The highest BCUT2D eigenvalue weighted by Crippen LogP contribution is 2.20. The Kier molecular flexibility index (Phi) is 2.99. The number of ether oxygens (including phenoxy) is 1. The summed E-state index contributed by atoms with van der Waals surface area (Å²) in [6, 6.07) is -0.873. The quantitative estimate of drug-likeness (QED) is 0.304. The summed E-state index contributed by atoms with van der Waals surface area (Å²) in [5.41, 5.74) is 5.38. The van der Waals surface area contributed by atoms with E-state index in [2.05, 4.69) is 0 Å². The maximum atomic E-state index is 9.09. The molecule has 1 aliphatic heterocycles. The number of nitrogens with two attached hydrogens (primary N) is 1. The summed E-state index contributed by atoms with van der Waals surface area (Å²) in [5.74, 6) is 0. The molecule has 1 heterocycles. The Morgan fingerprint density at radius 1 is 1.42 bits per heavy atom. The van der Waals surface area contributed by atoms with Crippen LogP contribution in [0.2, 0.25) is 0 Å². The summed E-state index contributed by atoms with van der Waals surface area (Å²) < 4.78 is 4.71. The smallest absolute Gasteiger partial charge is 0.182 e. The zero-order chi connectivity index (χ0) is 9.30. The van der Waals surface area contributed by atoms with Gasteiger partial charge in [-0.2, -0.15) is 0 Å². The Balaban J connectivity index is 2.58. The molecule has 1 aliphatic rings. The van der Waals surface area contributed by atoms with E-state index in [1.165, 1.54) is 0 Å². The second-order valence-electron chi connectivity index (χ2n) is 2.81. The highest BCUT2D eigenvalue weighted by atomic mass is 16.6. The summed E-state index contributed by atoms with van der Waals surface area (Å²) in [6.45, 7) is -0.516. The van der Waals surface area contributed by atoms with Gasteiger partial charge in [0.25, 0.3) is 0 Å². The monoisotopic (exact) mass is 179 g/mol. The molecule has 0 aliphatic carbocycles. The molecule has 6 N–H and O–H groups in total. The van der Waals surface area contributed by atoms with Gasteiger partial charge in [0.05, 0.1) is 12.6 Å². The minimum absolute atomic E-state index is 0.516. The predicted octanol–water partition coefficient (Wildman–Crippen LogP) is -3.26. The Labute approximate surface area is 69.2 Å². The Morgan fingerprint density at radius 2 is 2.00 bits per heavy atom.